The second kappa shape index (κ2) is 5.96. The van der Waals surface area contributed by atoms with E-state index in [9.17, 15) is 4.79 Å². The van der Waals surface area contributed by atoms with E-state index >= 15 is 0 Å². The summed E-state index contributed by atoms with van der Waals surface area (Å²) in [5, 5.41) is 0. The van der Waals surface area contributed by atoms with E-state index in [0.717, 1.165) is 23.6 Å². The number of fused-ring (bicyclic) bond motifs is 1. The average Bonchev–Trinajstić information content (AvgIpc) is 2.96. The standard InChI is InChI=1S/C17H24N2O/c18-12-14-8-6-13(7-9-14)11-17(20)19-10-2-4-15-3-1-5-16(15)19/h6-9,15-16H,1-5,10-12,18H2. The fourth-order valence-electron chi connectivity index (χ4n) is 3.83. The zero-order valence-corrected chi connectivity index (χ0v) is 12.1. The number of likely N-dealkylation sites (tertiary alicyclic amines) is 1. The van der Waals surface area contributed by atoms with Crippen LogP contribution in [0.15, 0.2) is 24.3 Å². The molecule has 20 heavy (non-hydrogen) atoms. The smallest absolute Gasteiger partial charge is 0.227 e. The van der Waals surface area contributed by atoms with Gasteiger partial charge in [0.05, 0.1) is 6.42 Å². The van der Waals surface area contributed by atoms with Gasteiger partial charge in [0.1, 0.15) is 0 Å². The molecule has 1 aliphatic heterocycles. The van der Waals surface area contributed by atoms with Gasteiger partial charge >= 0.3 is 0 Å². The lowest BCUT2D eigenvalue weighted by Crippen LogP contribution is -2.46. The van der Waals surface area contributed by atoms with Gasteiger partial charge in [-0.3, -0.25) is 4.79 Å². The highest BCUT2D eigenvalue weighted by Gasteiger charge is 2.36. The van der Waals surface area contributed by atoms with E-state index in [1.165, 1.54) is 32.1 Å². The molecule has 2 unspecified atom stereocenters. The van der Waals surface area contributed by atoms with E-state index in [0.29, 0.717) is 24.9 Å². The zero-order valence-electron chi connectivity index (χ0n) is 12.1. The summed E-state index contributed by atoms with van der Waals surface area (Å²) in [6.45, 7) is 1.52. The van der Waals surface area contributed by atoms with Gasteiger partial charge in [0, 0.05) is 19.1 Å². The van der Waals surface area contributed by atoms with E-state index in [-0.39, 0.29) is 0 Å². The van der Waals surface area contributed by atoms with Crippen molar-refractivity contribution in [2.24, 2.45) is 11.7 Å². The minimum atomic E-state index is 0.307. The van der Waals surface area contributed by atoms with Crippen molar-refractivity contribution in [2.45, 2.75) is 51.1 Å². The van der Waals surface area contributed by atoms with Crippen molar-refractivity contribution in [2.75, 3.05) is 6.54 Å². The molecule has 2 fully saturated rings. The topological polar surface area (TPSA) is 46.3 Å². The van der Waals surface area contributed by atoms with E-state index in [4.69, 9.17) is 5.73 Å². The maximum Gasteiger partial charge on any atom is 0.227 e. The van der Waals surface area contributed by atoms with Gasteiger partial charge in [0.15, 0.2) is 0 Å². The van der Waals surface area contributed by atoms with Crippen LogP contribution in [0.1, 0.15) is 43.2 Å². The van der Waals surface area contributed by atoms with Crippen LogP contribution >= 0.6 is 0 Å². The largest absolute Gasteiger partial charge is 0.339 e. The summed E-state index contributed by atoms with van der Waals surface area (Å²) in [7, 11) is 0. The maximum absolute atomic E-state index is 12.6. The van der Waals surface area contributed by atoms with Crippen LogP contribution < -0.4 is 5.73 Å². The monoisotopic (exact) mass is 272 g/mol. The van der Waals surface area contributed by atoms with Crippen LogP contribution in [0.3, 0.4) is 0 Å². The molecule has 0 aromatic heterocycles. The molecule has 1 saturated heterocycles. The third-order valence-corrected chi connectivity index (χ3v) is 4.93. The minimum absolute atomic E-state index is 0.307. The summed E-state index contributed by atoms with van der Waals surface area (Å²) in [4.78, 5) is 14.7. The molecular weight excluding hydrogens is 248 g/mol. The number of nitrogens with two attached hydrogens (primary N) is 1. The first-order valence-corrected chi connectivity index (χ1v) is 7.85. The summed E-state index contributed by atoms with van der Waals surface area (Å²) >= 11 is 0. The van der Waals surface area contributed by atoms with Crippen LogP contribution in [-0.4, -0.2) is 23.4 Å². The van der Waals surface area contributed by atoms with E-state index < -0.39 is 0 Å². The SMILES string of the molecule is NCc1ccc(CC(=O)N2CCCC3CCCC32)cc1. The Bertz CT molecular complexity index is 468. The summed E-state index contributed by atoms with van der Waals surface area (Å²) in [5.74, 6) is 1.08. The van der Waals surface area contributed by atoms with Gasteiger partial charge in [-0.25, -0.2) is 0 Å². The molecule has 0 bridgehead atoms. The van der Waals surface area contributed by atoms with Gasteiger partial charge in [-0.1, -0.05) is 30.7 Å². The third kappa shape index (κ3) is 2.73. The lowest BCUT2D eigenvalue weighted by atomic mass is 9.91. The first kappa shape index (κ1) is 13.6. The highest BCUT2D eigenvalue weighted by atomic mass is 16.2. The van der Waals surface area contributed by atoms with Crippen molar-refractivity contribution in [3.63, 3.8) is 0 Å². The quantitative estimate of drug-likeness (QED) is 0.919. The Labute approximate surface area is 121 Å². The molecule has 2 aliphatic rings. The van der Waals surface area contributed by atoms with Crippen molar-refractivity contribution in [1.29, 1.82) is 0 Å². The Hall–Kier alpha value is -1.35. The Morgan fingerprint density at radius 1 is 1.10 bits per heavy atom. The highest BCUT2D eigenvalue weighted by molar-refractivity contribution is 5.79. The Balaban J connectivity index is 1.65. The van der Waals surface area contributed by atoms with Crippen molar-refractivity contribution >= 4 is 5.91 Å². The van der Waals surface area contributed by atoms with Crippen LogP contribution in [0.2, 0.25) is 0 Å². The Morgan fingerprint density at radius 3 is 2.55 bits per heavy atom. The molecule has 1 saturated carbocycles. The summed E-state index contributed by atoms with van der Waals surface area (Å²) in [5.41, 5.74) is 7.83. The Morgan fingerprint density at radius 2 is 1.80 bits per heavy atom. The molecular formula is C17H24N2O. The van der Waals surface area contributed by atoms with Crippen molar-refractivity contribution < 1.29 is 4.79 Å². The summed E-state index contributed by atoms with van der Waals surface area (Å²) in [6.07, 6.45) is 6.86. The number of carbonyl (C=O) groups is 1. The number of hydrogen-bond acceptors (Lipinski definition) is 2. The minimum Gasteiger partial charge on any atom is -0.339 e. The number of rotatable bonds is 3. The lowest BCUT2D eigenvalue weighted by Gasteiger charge is -2.38. The second-order valence-corrected chi connectivity index (χ2v) is 6.19. The summed E-state index contributed by atoms with van der Waals surface area (Å²) in [6, 6.07) is 8.65. The fourth-order valence-corrected chi connectivity index (χ4v) is 3.83. The van der Waals surface area contributed by atoms with Crippen LogP contribution in [0.5, 0.6) is 0 Å². The van der Waals surface area contributed by atoms with E-state index in [1.54, 1.807) is 0 Å². The number of nitrogens with zero attached hydrogens (tertiary/aromatic N) is 1. The van der Waals surface area contributed by atoms with Crippen LogP contribution in [0, 0.1) is 5.92 Å². The molecule has 0 spiro atoms. The van der Waals surface area contributed by atoms with Gasteiger partial charge < -0.3 is 10.6 Å². The zero-order chi connectivity index (χ0) is 13.9. The number of amides is 1. The molecule has 1 heterocycles. The Kier molecular flexibility index (Phi) is 4.06. The molecule has 1 aromatic carbocycles. The molecule has 2 atom stereocenters. The van der Waals surface area contributed by atoms with Crippen molar-refractivity contribution in [3.05, 3.63) is 35.4 Å². The number of carbonyl (C=O) groups excluding carboxylic acids is 1. The number of benzene rings is 1. The third-order valence-electron chi connectivity index (χ3n) is 4.93. The van der Waals surface area contributed by atoms with Gasteiger partial charge in [0.25, 0.3) is 0 Å². The van der Waals surface area contributed by atoms with Crippen molar-refractivity contribution in [3.8, 4) is 0 Å². The molecule has 1 aliphatic carbocycles. The molecule has 108 valence electrons. The van der Waals surface area contributed by atoms with Gasteiger partial charge in [-0.2, -0.15) is 0 Å². The molecule has 3 rings (SSSR count). The molecule has 1 amide bonds. The van der Waals surface area contributed by atoms with Gasteiger partial charge in [-0.15, -0.1) is 0 Å². The van der Waals surface area contributed by atoms with Crippen LogP contribution in [0.4, 0.5) is 0 Å². The van der Waals surface area contributed by atoms with E-state index in [1.807, 2.05) is 24.3 Å². The number of hydrogen-bond donors (Lipinski definition) is 1. The first-order chi connectivity index (χ1) is 9.78. The predicted molar refractivity (Wildman–Crippen MR) is 80.1 cm³/mol. The van der Waals surface area contributed by atoms with Crippen LogP contribution in [-0.2, 0) is 17.8 Å². The molecule has 2 N–H and O–H groups in total. The van der Waals surface area contributed by atoms with Crippen LogP contribution in [0.25, 0.3) is 0 Å². The van der Waals surface area contributed by atoms with Crippen molar-refractivity contribution in [1.82, 2.24) is 4.90 Å². The first-order valence-electron chi connectivity index (χ1n) is 7.85. The second-order valence-electron chi connectivity index (χ2n) is 6.19. The average molecular weight is 272 g/mol. The molecule has 1 aromatic rings. The summed E-state index contributed by atoms with van der Waals surface area (Å²) < 4.78 is 0. The molecule has 0 radical (unpaired) electrons. The van der Waals surface area contributed by atoms with Gasteiger partial charge in [-0.05, 0) is 42.7 Å². The number of piperidine rings is 1. The fraction of sp³-hybridized carbons (Fsp3) is 0.588. The van der Waals surface area contributed by atoms with Gasteiger partial charge in [0.2, 0.25) is 5.91 Å². The predicted octanol–water partition coefficient (Wildman–Crippen LogP) is 2.48. The maximum atomic E-state index is 12.6. The lowest BCUT2D eigenvalue weighted by molar-refractivity contribution is -0.135. The normalized spacial score (nSPS) is 25.6. The molecule has 3 heteroatoms. The molecule has 3 nitrogen and oxygen atoms in total. The van der Waals surface area contributed by atoms with E-state index in [2.05, 4.69) is 4.90 Å². The highest BCUT2D eigenvalue weighted by Crippen LogP contribution is 2.36.